The molecule has 0 aliphatic carbocycles. The molecule has 0 bridgehead atoms. The molecule has 0 amide bonds. The fourth-order valence-corrected chi connectivity index (χ4v) is 4.21. The molecule has 3 rings (SSSR count). The molecular weight excluding hydrogens is 478 g/mol. The quantitative estimate of drug-likeness (QED) is 0.398. The molecule has 0 spiro atoms. The third-order valence-corrected chi connectivity index (χ3v) is 6.48. The summed E-state index contributed by atoms with van der Waals surface area (Å²) in [5.41, 5.74) is 1.80. The van der Waals surface area contributed by atoms with Crippen LogP contribution in [-0.2, 0) is 21.9 Å². The van der Waals surface area contributed by atoms with Gasteiger partial charge >= 0.3 is 0 Å². The molecule has 1 heterocycles. The van der Waals surface area contributed by atoms with E-state index in [1.165, 1.54) is 0 Å². The Morgan fingerprint density at radius 3 is 2.09 bits per heavy atom. The summed E-state index contributed by atoms with van der Waals surface area (Å²) in [7, 11) is -3.57. The second kappa shape index (κ2) is 10.2. The third-order valence-electron chi connectivity index (χ3n) is 5.29. The van der Waals surface area contributed by atoms with Crippen LogP contribution in [0.1, 0.15) is 41.9 Å². The van der Waals surface area contributed by atoms with E-state index in [0.717, 1.165) is 23.8 Å². The van der Waals surface area contributed by atoms with Gasteiger partial charge in [0, 0.05) is 11.7 Å². The molecule has 2 aromatic carbocycles. The topological polar surface area (TPSA) is 126 Å². The Balaban J connectivity index is 1.88. The number of hydrogen-bond acceptors (Lipinski definition) is 8. The maximum absolute atomic E-state index is 11.8. The van der Waals surface area contributed by atoms with Crippen LogP contribution in [0.4, 0.5) is 0 Å². The van der Waals surface area contributed by atoms with E-state index < -0.39 is 15.3 Å². The summed E-state index contributed by atoms with van der Waals surface area (Å²) in [5, 5.41) is 19.0. The number of nitriles is 2. The van der Waals surface area contributed by atoms with Crippen molar-refractivity contribution in [3.63, 3.8) is 0 Å². The SMILES string of the molecule is CC(C)(c1ccc(OCCCl)c(C#N)c1)c1ccc(OCc2ocnc2S(C)(=O)=O)c(C#N)c1. The minimum Gasteiger partial charge on any atom is -0.491 e. The van der Waals surface area contributed by atoms with Crippen LogP contribution < -0.4 is 9.47 Å². The average molecular weight is 500 g/mol. The first-order valence-corrected chi connectivity index (χ1v) is 12.6. The Labute approximate surface area is 203 Å². The van der Waals surface area contributed by atoms with Crippen molar-refractivity contribution in [3.8, 4) is 23.6 Å². The van der Waals surface area contributed by atoms with Crippen molar-refractivity contribution in [1.29, 1.82) is 10.5 Å². The van der Waals surface area contributed by atoms with Crippen molar-refractivity contribution >= 4 is 21.4 Å². The van der Waals surface area contributed by atoms with Gasteiger partial charge < -0.3 is 13.9 Å². The number of rotatable bonds is 9. The molecule has 3 aromatic rings. The first-order valence-electron chi connectivity index (χ1n) is 10.1. The minimum atomic E-state index is -3.57. The standard InChI is InChI=1S/C24H22ClN3O5S/c1-24(2,18-4-6-20(31-9-8-25)16(10-18)12-26)19-5-7-21(17(11-19)13-27)32-14-22-23(28-15-33-22)34(3,29)30/h4-7,10-11,15H,8-9,14H2,1-3H3. The predicted molar refractivity (Wildman–Crippen MR) is 125 cm³/mol. The highest BCUT2D eigenvalue weighted by molar-refractivity contribution is 7.90. The second-order valence-electron chi connectivity index (χ2n) is 7.95. The summed E-state index contributed by atoms with van der Waals surface area (Å²) in [4.78, 5) is 3.72. The van der Waals surface area contributed by atoms with Gasteiger partial charge in [0.1, 0.15) is 36.9 Å². The van der Waals surface area contributed by atoms with Crippen LogP contribution >= 0.6 is 11.6 Å². The van der Waals surface area contributed by atoms with Gasteiger partial charge in [0.05, 0.1) is 17.0 Å². The van der Waals surface area contributed by atoms with Gasteiger partial charge in [0.15, 0.2) is 27.0 Å². The van der Waals surface area contributed by atoms with Crippen LogP contribution in [0.25, 0.3) is 0 Å². The molecule has 0 saturated carbocycles. The van der Waals surface area contributed by atoms with Crippen molar-refractivity contribution in [2.24, 2.45) is 0 Å². The fraction of sp³-hybridized carbons (Fsp3) is 0.292. The first-order chi connectivity index (χ1) is 16.1. The first kappa shape index (κ1) is 25.1. The van der Waals surface area contributed by atoms with Crippen LogP contribution in [0.15, 0.2) is 52.2 Å². The number of hydrogen-bond donors (Lipinski definition) is 0. The van der Waals surface area contributed by atoms with Crippen molar-refractivity contribution in [1.82, 2.24) is 4.98 Å². The van der Waals surface area contributed by atoms with Gasteiger partial charge in [0.25, 0.3) is 0 Å². The minimum absolute atomic E-state index is 0.0521. The Hall–Kier alpha value is -3.53. The van der Waals surface area contributed by atoms with Gasteiger partial charge in [-0.1, -0.05) is 26.0 Å². The number of alkyl halides is 1. The van der Waals surface area contributed by atoms with Gasteiger partial charge in [-0.05, 0) is 35.4 Å². The molecule has 10 heteroatoms. The van der Waals surface area contributed by atoms with Crippen molar-refractivity contribution in [2.45, 2.75) is 30.9 Å². The van der Waals surface area contributed by atoms with Crippen LogP contribution in [0.5, 0.6) is 11.5 Å². The Morgan fingerprint density at radius 2 is 1.59 bits per heavy atom. The van der Waals surface area contributed by atoms with E-state index >= 15 is 0 Å². The van der Waals surface area contributed by atoms with Crippen molar-refractivity contribution in [2.75, 3.05) is 18.7 Å². The number of benzene rings is 2. The Morgan fingerprint density at radius 1 is 1.03 bits per heavy atom. The summed E-state index contributed by atoms with van der Waals surface area (Å²) in [6.45, 7) is 4.06. The molecule has 0 aliphatic heterocycles. The zero-order chi connectivity index (χ0) is 24.9. The fourth-order valence-electron chi connectivity index (χ4n) is 3.38. The van der Waals surface area contributed by atoms with Gasteiger partial charge in [-0.15, -0.1) is 11.6 Å². The molecule has 0 fully saturated rings. The lowest BCUT2D eigenvalue weighted by molar-refractivity contribution is 0.264. The summed E-state index contributed by atoms with van der Waals surface area (Å²) >= 11 is 5.67. The smallest absolute Gasteiger partial charge is 0.200 e. The molecule has 0 N–H and O–H groups in total. The van der Waals surface area contributed by atoms with Gasteiger partial charge in [-0.2, -0.15) is 10.5 Å². The zero-order valence-electron chi connectivity index (χ0n) is 18.8. The summed E-state index contributed by atoms with van der Waals surface area (Å²) in [6.07, 6.45) is 2.06. The van der Waals surface area contributed by atoms with Crippen LogP contribution in [0, 0.1) is 22.7 Å². The molecule has 176 valence electrons. The number of ether oxygens (including phenoxy) is 2. The van der Waals surface area contributed by atoms with E-state index in [1.54, 1.807) is 24.3 Å². The molecule has 0 radical (unpaired) electrons. The molecule has 1 aromatic heterocycles. The number of sulfone groups is 1. The second-order valence-corrected chi connectivity index (χ2v) is 10.3. The number of halogens is 1. The molecule has 8 nitrogen and oxygen atoms in total. The van der Waals surface area contributed by atoms with Crippen LogP contribution in [0.3, 0.4) is 0 Å². The lowest BCUT2D eigenvalue weighted by atomic mass is 9.77. The maximum Gasteiger partial charge on any atom is 0.200 e. The van der Waals surface area contributed by atoms with E-state index in [2.05, 4.69) is 17.1 Å². The Kier molecular flexibility index (Phi) is 7.51. The lowest BCUT2D eigenvalue weighted by Crippen LogP contribution is -2.19. The molecular formula is C24H22ClN3O5S. The summed E-state index contributed by atoms with van der Waals surface area (Å²) < 4.78 is 39.9. The third kappa shape index (κ3) is 5.33. The monoisotopic (exact) mass is 499 g/mol. The predicted octanol–water partition coefficient (Wildman–Crippen LogP) is 4.34. The molecule has 0 unspecified atom stereocenters. The highest BCUT2D eigenvalue weighted by Gasteiger charge is 2.26. The van der Waals surface area contributed by atoms with Crippen molar-refractivity contribution in [3.05, 3.63) is 70.8 Å². The van der Waals surface area contributed by atoms with Crippen molar-refractivity contribution < 1.29 is 22.3 Å². The number of oxazole rings is 1. The van der Waals surface area contributed by atoms with E-state index in [1.807, 2.05) is 26.0 Å². The maximum atomic E-state index is 11.8. The van der Waals surface area contributed by atoms with Gasteiger partial charge in [-0.25, -0.2) is 13.4 Å². The summed E-state index contributed by atoms with van der Waals surface area (Å²) in [5.74, 6) is 1.11. The number of nitrogens with zero attached hydrogens (tertiary/aromatic N) is 3. The van der Waals surface area contributed by atoms with Crippen LogP contribution in [0.2, 0.25) is 0 Å². The van der Waals surface area contributed by atoms with Gasteiger partial charge in [-0.3, -0.25) is 0 Å². The van der Waals surface area contributed by atoms with E-state index in [0.29, 0.717) is 23.8 Å². The van der Waals surface area contributed by atoms with E-state index in [-0.39, 0.29) is 28.7 Å². The molecule has 34 heavy (non-hydrogen) atoms. The summed E-state index contributed by atoms with van der Waals surface area (Å²) in [6, 6.07) is 14.8. The highest BCUT2D eigenvalue weighted by atomic mass is 35.5. The Bertz CT molecular complexity index is 1380. The molecule has 0 saturated heterocycles. The highest BCUT2D eigenvalue weighted by Crippen LogP contribution is 2.36. The van der Waals surface area contributed by atoms with E-state index in [9.17, 15) is 18.9 Å². The molecule has 0 atom stereocenters. The average Bonchev–Trinajstić information content (AvgIpc) is 3.30. The lowest BCUT2D eigenvalue weighted by Gasteiger charge is -2.27. The van der Waals surface area contributed by atoms with Crippen LogP contribution in [-0.4, -0.2) is 32.1 Å². The van der Waals surface area contributed by atoms with E-state index in [4.69, 9.17) is 25.5 Å². The van der Waals surface area contributed by atoms with Gasteiger partial charge in [0.2, 0.25) is 0 Å². The number of aromatic nitrogens is 1. The normalized spacial score (nSPS) is 11.5. The molecule has 0 aliphatic rings. The zero-order valence-corrected chi connectivity index (χ0v) is 20.4. The largest absolute Gasteiger partial charge is 0.491 e.